The van der Waals surface area contributed by atoms with Crippen molar-refractivity contribution in [1.82, 2.24) is 10.6 Å². The molecule has 0 aliphatic heterocycles. The van der Waals surface area contributed by atoms with Crippen LogP contribution in [0.3, 0.4) is 0 Å². The van der Waals surface area contributed by atoms with E-state index in [1.165, 1.54) is 6.92 Å². The summed E-state index contributed by atoms with van der Waals surface area (Å²) >= 11 is 0. The van der Waals surface area contributed by atoms with Gasteiger partial charge in [0.1, 0.15) is 18.7 Å². The van der Waals surface area contributed by atoms with Gasteiger partial charge in [-0.1, -0.05) is 61.4 Å². The van der Waals surface area contributed by atoms with Crippen LogP contribution >= 0.6 is 0 Å². The molecule has 0 aromatic heterocycles. The van der Waals surface area contributed by atoms with E-state index in [2.05, 4.69) is 22.8 Å². The number of alkyl carbamates (subject to hydrolysis) is 1. The third-order valence-corrected chi connectivity index (χ3v) is 5.95. The summed E-state index contributed by atoms with van der Waals surface area (Å²) in [5.74, 6) is -1.32. The van der Waals surface area contributed by atoms with E-state index in [0.29, 0.717) is 12.3 Å². The lowest BCUT2D eigenvalue weighted by Gasteiger charge is -2.19. The van der Waals surface area contributed by atoms with Crippen LogP contribution in [0, 0.1) is 5.92 Å². The molecule has 7 heteroatoms. The van der Waals surface area contributed by atoms with Crippen molar-refractivity contribution in [1.29, 1.82) is 0 Å². The topological polar surface area (TPSA) is 105 Å². The summed E-state index contributed by atoms with van der Waals surface area (Å²) in [4.78, 5) is 36.0. The molecule has 3 N–H and O–H groups in total. The summed E-state index contributed by atoms with van der Waals surface area (Å²) in [6, 6.07) is 14.2. The second-order valence-corrected chi connectivity index (χ2v) is 8.27. The highest BCUT2D eigenvalue weighted by Crippen LogP contribution is 2.44. The largest absolute Gasteiger partial charge is 0.480 e. The number of hydrogen-bond donors (Lipinski definition) is 3. The normalized spacial score (nSPS) is 16.5. The van der Waals surface area contributed by atoms with Crippen molar-refractivity contribution in [3.05, 3.63) is 59.7 Å². The molecule has 0 saturated heterocycles. The van der Waals surface area contributed by atoms with Gasteiger partial charge in [-0.05, 0) is 41.5 Å². The van der Waals surface area contributed by atoms with E-state index < -0.39 is 30.1 Å². The fraction of sp³-hybridized carbons (Fsp3) is 0.375. The summed E-state index contributed by atoms with van der Waals surface area (Å²) in [6.07, 6.45) is 1.69. The number of carbonyl (C=O) groups excluding carboxylic acids is 2. The molecule has 2 aliphatic rings. The third kappa shape index (κ3) is 4.71. The summed E-state index contributed by atoms with van der Waals surface area (Å²) in [7, 11) is 0. The van der Waals surface area contributed by atoms with Gasteiger partial charge in [-0.25, -0.2) is 9.59 Å². The standard InChI is InChI=1S/C24H26N2O5/c1-14(22(27)26-21(23(28)29)12-15-10-11-15)25-24(30)31-13-20-18-8-4-2-6-16(18)17-7-3-5-9-19(17)20/h2-9,14-15,20-21H,10-13H2,1H3,(H,25,30)(H,26,27)(H,28,29)/t14-,21-/m0/s1. The SMILES string of the molecule is C[C@H](NC(=O)OCC1c2ccccc2-c2ccccc21)C(=O)N[C@@H](CC1CC1)C(=O)O. The number of carboxylic acids is 1. The quantitative estimate of drug-likeness (QED) is 0.606. The molecule has 0 bridgehead atoms. The molecule has 0 heterocycles. The van der Waals surface area contributed by atoms with Gasteiger partial charge in [-0.3, -0.25) is 4.79 Å². The molecular weight excluding hydrogens is 396 g/mol. The van der Waals surface area contributed by atoms with E-state index >= 15 is 0 Å². The lowest BCUT2D eigenvalue weighted by Crippen LogP contribution is -2.50. The minimum absolute atomic E-state index is 0.0720. The van der Waals surface area contributed by atoms with E-state index in [0.717, 1.165) is 35.1 Å². The van der Waals surface area contributed by atoms with Crippen molar-refractivity contribution in [2.45, 2.75) is 44.2 Å². The van der Waals surface area contributed by atoms with Crippen molar-refractivity contribution in [3.8, 4) is 11.1 Å². The van der Waals surface area contributed by atoms with Crippen molar-refractivity contribution >= 4 is 18.0 Å². The van der Waals surface area contributed by atoms with Gasteiger partial charge in [0.15, 0.2) is 0 Å². The lowest BCUT2D eigenvalue weighted by atomic mass is 9.98. The number of hydrogen-bond acceptors (Lipinski definition) is 4. The predicted molar refractivity (Wildman–Crippen MR) is 115 cm³/mol. The van der Waals surface area contributed by atoms with Gasteiger partial charge in [0.2, 0.25) is 5.91 Å². The molecule has 1 fully saturated rings. The second-order valence-electron chi connectivity index (χ2n) is 8.27. The molecule has 2 atom stereocenters. The van der Waals surface area contributed by atoms with Crippen LogP contribution in [0.1, 0.15) is 43.2 Å². The minimum Gasteiger partial charge on any atom is -0.480 e. The number of benzene rings is 2. The zero-order valence-electron chi connectivity index (χ0n) is 17.3. The number of fused-ring (bicyclic) bond motifs is 3. The molecule has 2 amide bonds. The fourth-order valence-corrected chi connectivity index (χ4v) is 4.09. The van der Waals surface area contributed by atoms with E-state index in [4.69, 9.17) is 4.74 Å². The maximum Gasteiger partial charge on any atom is 0.407 e. The van der Waals surface area contributed by atoms with Crippen molar-refractivity contribution in [3.63, 3.8) is 0 Å². The summed E-state index contributed by atoms with van der Waals surface area (Å²) in [5.41, 5.74) is 4.48. The number of aliphatic carboxylic acids is 1. The van der Waals surface area contributed by atoms with Crippen molar-refractivity contribution in [2.24, 2.45) is 5.92 Å². The Morgan fingerprint density at radius 1 is 1.00 bits per heavy atom. The number of nitrogens with one attached hydrogen (secondary N) is 2. The maximum absolute atomic E-state index is 12.3. The Kier molecular flexibility index (Phi) is 5.93. The van der Waals surface area contributed by atoms with E-state index in [9.17, 15) is 19.5 Å². The monoisotopic (exact) mass is 422 g/mol. The summed E-state index contributed by atoms with van der Waals surface area (Å²) in [5, 5.41) is 14.3. The lowest BCUT2D eigenvalue weighted by molar-refractivity contribution is -0.142. The predicted octanol–water partition coefficient (Wildman–Crippen LogP) is 3.28. The molecule has 31 heavy (non-hydrogen) atoms. The number of carboxylic acid groups (broad SMARTS) is 1. The van der Waals surface area contributed by atoms with Crippen LogP contribution in [0.4, 0.5) is 4.79 Å². The molecular formula is C24H26N2O5. The van der Waals surface area contributed by atoms with Crippen LogP contribution in [0.15, 0.2) is 48.5 Å². The molecule has 2 aromatic rings. The van der Waals surface area contributed by atoms with Crippen LogP contribution in [0.25, 0.3) is 11.1 Å². The first-order valence-electron chi connectivity index (χ1n) is 10.6. The minimum atomic E-state index is -1.06. The molecule has 7 nitrogen and oxygen atoms in total. The Morgan fingerprint density at radius 3 is 2.13 bits per heavy atom. The number of ether oxygens (including phenoxy) is 1. The number of carbonyl (C=O) groups is 3. The average Bonchev–Trinajstić information content (AvgIpc) is 3.52. The van der Waals surface area contributed by atoms with Gasteiger partial charge >= 0.3 is 12.1 Å². The summed E-state index contributed by atoms with van der Waals surface area (Å²) in [6.45, 7) is 1.65. The van der Waals surface area contributed by atoms with E-state index in [-0.39, 0.29) is 12.5 Å². The Balaban J connectivity index is 1.33. The van der Waals surface area contributed by atoms with Crippen LogP contribution in [-0.2, 0) is 14.3 Å². The number of amides is 2. The molecule has 0 spiro atoms. The van der Waals surface area contributed by atoms with Crippen LogP contribution in [0.5, 0.6) is 0 Å². The van der Waals surface area contributed by atoms with Gasteiger partial charge in [0, 0.05) is 5.92 Å². The molecule has 1 saturated carbocycles. The smallest absolute Gasteiger partial charge is 0.407 e. The van der Waals surface area contributed by atoms with Gasteiger partial charge in [-0.2, -0.15) is 0 Å². The van der Waals surface area contributed by atoms with Crippen molar-refractivity contribution in [2.75, 3.05) is 6.61 Å². The Bertz CT molecular complexity index is 955. The fourth-order valence-electron chi connectivity index (χ4n) is 4.09. The first-order valence-corrected chi connectivity index (χ1v) is 10.6. The third-order valence-electron chi connectivity index (χ3n) is 5.95. The first-order chi connectivity index (χ1) is 14.9. The highest BCUT2D eigenvalue weighted by atomic mass is 16.5. The highest BCUT2D eigenvalue weighted by molar-refractivity contribution is 5.89. The molecule has 2 aromatic carbocycles. The molecule has 0 unspecified atom stereocenters. The van der Waals surface area contributed by atoms with Gasteiger partial charge in [0.05, 0.1) is 0 Å². The van der Waals surface area contributed by atoms with Crippen LogP contribution in [0.2, 0.25) is 0 Å². The van der Waals surface area contributed by atoms with Gasteiger partial charge in [-0.15, -0.1) is 0 Å². The zero-order chi connectivity index (χ0) is 22.0. The molecule has 4 rings (SSSR count). The molecule has 162 valence electrons. The van der Waals surface area contributed by atoms with Crippen LogP contribution < -0.4 is 10.6 Å². The summed E-state index contributed by atoms with van der Waals surface area (Å²) < 4.78 is 5.44. The second kappa shape index (κ2) is 8.79. The Hall–Kier alpha value is -3.35. The van der Waals surface area contributed by atoms with Gasteiger partial charge < -0.3 is 20.5 Å². The molecule has 2 aliphatic carbocycles. The maximum atomic E-state index is 12.3. The average molecular weight is 422 g/mol. The molecule has 0 radical (unpaired) electrons. The Labute approximate surface area is 180 Å². The first kappa shape index (κ1) is 20.9. The van der Waals surface area contributed by atoms with E-state index in [1.807, 2.05) is 36.4 Å². The Morgan fingerprint density at radius 2 is 1.58 bits per heavy atom. The van der Waals surface area contributed by atoms with Crippen molar-refractivity contribution < 1.29 is 24.2 Å². The van der Waals surface area contributed by atoms with Crippen LogP contribution in [-0.4, -0.2) is 41.8 Å². The zero-order valence-corrected chi connectivity index (χ0v) is 17.3. The van der Waals surface area contributed by atoms with Gasteiger partial charge in [0.25, 0.3) is 0 Å². The van der Waals surface area contributed by atoms with E-state index in [1.54, 1.807) is 0 Å². The number of rotatable bonds is 8. The highest BCUT2D eigenvalue weighted by Gasteiger charge is 2.32.